The van der Waals surface area contributed by atoms with Crippen molar-refractivity contribution < 1.29 is 9.47 Å². The fourth-order valence-corrected chi connectivity index (χ4v) is 4.49. The van der Waals surface area contributed by atoms with Crippen molar-refractivity contribution in [2.24, 2.45) is 0 Å². The number of aryl methyl sites for hydroxylation is 1. The molecule has 3 heteroatoms. The van der Waals surface area contributed by atoms with Crippen LogP contribution in [0.1, 0.15) is 24.5 Å². The molecule has 0 bridgehead atoms. The summed E-state index contributed by atoms with van der Waals surface area (Å²) in [4.78, 5) is 2.43. The van der Waals surface area contributed by atoms with Crippen LogP contribution in [0, 0.1) is 6.92 Å². The van der Waals surface area contributed by atoms with Crippen LogP contribution in [0.5, 0.6) is 11.5 Å². The second kappa shape index (κ2) is 4.63. The van der Waals surface area contributed by atoms with E-state index in [9.17, 15) is 0 Å². The molecule has 2 heterocycles. The van der Waals surface area contributed by atoms with Crippen LogP contribution in [-0.2, 0) is 5.41 Å². The molecule has 2 aliphatic heterocycles. The van der Waals surface area contributed by atoms with Gasteiger partial charge in [-0.3, -0.25) is 4.90 Å². The van der Waals surface area contributed by atoms with Gasteiger partial charge >= 0.3 is 0 Å². The van der Waals surface area contributed by atoms with Crippen molar-refractivity contribution >= 4 is 0 Å². The van der Waals surface area contributed by atoms with E-state index in [1.807, 2.05) is 6.07 Å². The van der Waals surface area contributed by atoms with Crippen molar-refractivity contribution in [1.29, 1.82) is 0 Å². The number of nitrogens with zero attached hydrogens (tertiary/aromatic N) is 1. The summed E-state index contributed by atoms with van der Waals surface area (Å²) in [5.74, 6) is 1.80. The molecule has 1 aliphatic carbocycles. The molecular formula is C19H23NO2. The van der Waals surface area contributed by atoms with Gasteiger partial charge in [0.1, 0.15) is 6.10 Å². The van der Waals surface area contributed by atoms with Gasteiger partial charge in [-0.2, -0.15) is 0 Å². The van der Waals surface area contributed by atoms with Crippen LogP contribution in [0.15, 0.2) is 35.9 Å². The molecular weight excluding hydrogens is 274 g/mol. The van der Waals surface area contributed by atoms with E-state index >= 15 is 0 Å². The lowest BCUT2D eigenvalue weighted by Crippen LogP contribution is -2.53. The van der Waals surface area contributed by atoms with Crippen molar-refractivity contribution in [3.63, 3.8) is 0 Å². The maximum atomic E-state index is 6.39. The first-order valence-corrected chi connectivity index (χ1v) is 8.03. The van der Waals surface area contributed by atoms with Crippen molar-refractivity contribution in [3.05, 3.63) is 47.1 Å². The van der Waals surface area contributed by atoms with Gasteiger partial charge in [0.2, 0.25) is 0 Å². The summed E-state index contributed by atoms with van der Waals surface area (Å²) in [6.07, 6.45) is 7.85. The van der Waals surface area contributed by atoms with E-state index in [0.717, 1.165) is 24.5 Å². The predicted octanol–water partition coefficient (Wildman–Crippen LogP) is 3.22. The number of piperidine rings is 1. The molecule has 0 radical (unpaired) electrons. The second-order valence-corrected chi connectivity index (χ2v) is 6.71. The highest BCUT2D eigenvalue weighted by atomic mass is 16.5. The van der Waals surface area contributed by atoms with Crippen LogP contribution in [0.3, 0.4) is 0 Å². The van der Waals surface area contributed by atoms with E-state index in [1.54, 1.807) is 7.11 Å². The zero-order chi connectivity index (χ0) is 15.5. The number of ether oxygens (including phenoxy) is 2. The van der Waals surface area contributed by atoms with Crippen LogP contribution < -0.4 is 9.47 Å². The Labute approximate surface area is 132 Å². The first-order chi connectivity index (χ1) is 10.6. The minimum atomic E-state index is -0.0192. The Bertz CT molecular complexity index is 691. The maximum absolute atomic E-state index is 6.39. The minimum absolute atomic E-state index is 0.0192. The highest BCUT2D eigenvalue weighted by molar-refractivity contribution is 5.64. The normalized spacial score (nSPS) is 32.6. The molecule has 0 N–H and O–H groups in total. The highest BCUT2D eigenvalue weighted by Crippen LogP contribution is 2.58. The molecule has 1 aromatic rings. The minimum Gasteiger partial charge on any atom is -0.493 e. The largest absolute Gasteiger partial charge is 0.493 e. The Morgan fingerprint density at radius 3 is 2.95 bits per heavy atom. The Balaban J connectivity index is 1.98. The highest BCUT2D eigenvalue weighted by Gasteiger charge is 2.56. The average Bonchev–Trinajstić information content (AvgIpc) is 2.87. The van der Waals surface area contributed by atoms with Crippen LogP contribution >= 0.6 is 0 Å². The van der Waals surface area contributed by atoms with E-state index in [0.29, 0.717) is 6.04 Å². The SMILES string of the molecule is COc1ccc(C)c2c1O[C@H]1C=CC=C3C(C)N(C)CCC321. The molecule has 2 unspecified atom stereocenters. The average molecular weight is 297 g/mol. The van der Waals surface area contributed by atoms with Gasteiger partial charge in [-0.05, 0) is 57.1 Å². The number of hydrogen-bond donors (Lipinski definition) is 0. The molecule has 1 spiro atoms. The number of methoxy groups -OCH3 is 1. The summed E-state index contributed by atoms with van der Waals surface area (Å²) in [5.41, 5.74) is 4.10. The van der Waals surface area contributed by atoms with E-state index < -0.39 is 0 Å². The lowest BCUT2D eigenvalue weighted by molar-refractivity contribution is 0.130. The van der Waals surface area contributed by atoms with Gasteiger partial charge in [-0.1, -0.05) is 18.2 Å². The molecule has 3 atom stereocenters. The number of allylic oxidation sites excluding steroid dienone is 2. The third kappa shape index (κ3) is 1.55. The number of benzene rings is 1. The summed E-state index contributed by atoms with van der Waals surface area (Å²) in [7, 11) is 3.93. The third-order valence-corrected chi connectivity index (χ3v) is 5.77. The fraction of sp³-hybridized carbons (Fsp3) is 0.474. The fourth-order valence-electron chi connectivity index (χ4n) is 4.49. The van der Waals surface area contributed by atoms with E-state index in [-0.39, 0.29) is 11.5 Å². The summed E-state index contributed by atoms with van der Waals surface area (Å²) < 4.78 is 11.9. The number of rotatable bonds is 1. The van der Waals surface area contributed by atoms with E-state index in [4.69, 9.17) is 9.47 Å². The van der Waals surface area contributed by atoms with Crippen LogP contribution in [-0.4, -0.2) is 37.7 Å². The molecule has 116 valence electrons. The van der Waals surface area contributed by atoms with Crippen molar-refractivity contribution in [3.8, 4) is 11.5 Å². The van der Waals surface area contributed by atoms with Gasteiger partial charge in [0.15, 0.2) is 11.5 Å². The zero-order valence-corrected chi connectivity index (χ0v) is 13.7. The van der Waals surface area contributed by atoms with Gasteiger partial charge in [0, 0.05) is 11.6 Å². The van der Waals surface area contributed by atoms with Gasteiger partial charge in [0.05, 0.1) is 12.5 Å². The van der Waals surface area contributed by atoms with Crippen LogP contribution in [0.25, 0.3) is 0 Å². The van der Waals surface area contributed by atoms with E-state index in [2.05, 4.69) is 50.1 Å². The van der Waals surface area contributed by atoms with Crippen molar-refractivity contribution in [2.75, 3.05) is 20.7 Å². The van der Waals surface area contributed by atoms with Gasteiger partial charge < -0.3 is 9.47 Å². The summed E-state index contributed by atoms with van der Waals surface area (Å²) in [6, 6.07) is 4.62. The Hall–Kier alpha value is -1.74. The topological polar surface area (TPSA) is 21.7 Å². The molecule has 3 aliphatic rings. The van der Waals surface area contributed by atoms with Crippen LogP contribution in [0.2, 0.25) is 0 Å². The third-order valence-electron chi connectivity index (χ3n) is 5.77. The monoisotopic (exact) mass is 297 g/mol. The summed E-state index contributed by atoms with van der Waals surface area (Å²) in [5, 5.41) is 0. The molecule has 4 rings (SSSR count). The quantitative estimate of drug-likeness (QED) is 0.794. The second-order valence-electron chi connectivity index (χ2n) is 6.71. The molecule has 0 saturated carbocycles. The number of likely N-dealkylation sites (tertiary alicyclic amines) is 1. The Morgan fingerprint density at radius 2 is 2.18 bits per heavy atom. The lowest BCUT2D eigenvalue weighted by Gasteiger charge is -2.48. The van der Waals surface area contributed by atoms with Crippen molar-refractivity contribution in [2.45, 2.75) is 37.8 Å². The first kappa shape index (κ1) is 13.9. The predicted molar refractivity (Wildman–Crippen MR) is 87.8 cm³/mol. The van der Waals surface area contributed by atoms with Gasteiger partial charge in [-0.15, -0.1) is 0 Å². The molecule has 22 heavy (non-hydrogen) atoms. The maximum Gasteiger partial charge on any atom is 0.166 e. The Kier molecular flexibility index (Phi) is 2.92. The molecule has 0 aromatic heterocycles. The van der Waals surface area contributed by atoms with E-state index in [1.165, 1.54) is 16.7 Å². The molecule has 3 nitrogen and oxygen atoms in total. The van der Waals surface area contributed by atoms with Crippen molar-refractivity contribution in [1.82, 2.24) is 4.90 Å². The molecule has 1 fully saturated rings. The van der Waals surface area contributed by atoms with Crippen LogP contribution in [0.4, 0.5) is 0 Å². The molecule has 1 saturated heterocycles. The number of hydrogen-bond acceptors (Lipinski definition) is 3. The number of fused-ring (bicyclic) bond motifs is 1. The number of likely N-dealkylation sites (N-methyl/N-ethyl adjacent to an activating group) is 1. The standard InChI is InChI=1S/C19H23NO2/c1-12-8-9-15(21-4)18-17(12)19-10-11-20(3)13(2)14(19)6-5-7-16(19)22-18/h5-9,13,16H,10-11H2,1-4H3/t13?,16-,19?/m0/s1. The summed E-state index contributed by atoms with van der Waals surface area (Å²) in [6.45, 7) is 5.58. The smallest absolute Gasteiger partial charge is 0.166 e. The van der Waals surface area contributed by atoms with Gasteiger partial charge in [-0.25, -0.2) is 0 Å². The first-order valence-electron chi connectivity index (χ1n) is 8.03. The summed E-state index contributed by atoms with van der Waals surface area (Å²) >= 11 is 0. The lowest BCUT2D eigenvalue weighted by atomic mass is 9.62. The Morgan fingerprint density at radius 1 is 1.36 bits per heavy atom. The molecule has 1 aromatic carbocycles. The molecule has 0 amide bonds. The zero-order valence-electron chi connectivity index (χ0n) is 13.7. The van der Waals surface area contributed by atoms with Gasteiger partial charge in [0.25, 0.3) is 0 Å².